The Morgan fingerprint density at radius 3 is 1.00 bits per heavy atom. The molecule has 0 aromatic rings. The Bertz CT molecular complexity index is 7.61. The molecule has 36 valence electrons. The van der Waals surface area contributed by atoms with Gasteiger partial charge in [-0.15, -0.1) is 0 Å². The van der Waals surface area contributed by atoms with Gasteiger partial charge in [-0.25, -0.2) is 6.79 Å². The zero-order valence-electron chi connectivity index (χ0n) is 3.52. The third-order valence-electron chi connectivity index (χ3n) is 0. The number of hydrogen-bond acceptors (Lipinski definition) is 2. The molecule has 0 bridgehead atoms. The van der Waals surface area contributed by atoms with E-state index in [4.69, 9.17) is 10.2 Å². The van der Waals surface area contributed by atoms with Crippen LogP contribution in [0.5, 0.6) is 0 Å². The maximum Gasteiger partial charge on any atom is -0.238 e. The van der Waals surface area contributed by atoms with Gasteiger partial charge in [0.25, 0.3) is 0 Å². The lowest BCUT2D eigenvalue weighted by Crippen LogP contribution is -2.19. The summed E-state index contributed by atoms with van der Waals surface area (Å²) >= 11 is 0. The van der Waals surface area contributed by atoms with Gasteiger partial charge < -0.3 is 22.5 Å². The summed E-state index contributed by atoms with van der Waals surface area (Å²) in [6.45, 7) is -1.25. The fourth-order valence-electron chi connectivity index (χ4n) is 0. The van der Waals surface area contributed by atoms with Crippen molar-refractivity contribution in [1.82, 2.24) is 12.3 Å². The first-order valence-electron chi connectivity index (χ1n) is 0.577. The Morgan fingerprint density at radius 1 is 1.00 bits per heavy atom. The molecule has 0 unspecified atom stereocenters. The van der Waals surface area contributed by atoms with Crippen LogP contribution in [-0.2, 0) is 0 Å². The van der Waals surface area contributed by atoms with Crippen molar-refractivity contribution in [2.45, 2.75) is 0 Å². The second kappa shape index (κ2) is 43.9. The molecule has 5 heavy (non-hydrogen) atoms. The molecule has 0 saturated heterocycles. The molecule has 0 aromatic heterocycles. The maximum absolute atomic E-state index is 8.38. The average molecular weight is 82.1 g/mol. The SMILES string of the molecule is [NH4+].[NH4+].[O-]C[O-]. The molecule has 8 N–H and O–H groups in total. The van der Waals surface area contributed by atoms with E-state index in [9.17, 15) is 0 Å². The molecule has 0 aliphatic heterocycles. The normalized spacial score (nSPS) is 3.60. The summed E-state index contributed by atoms with van der Waals surface area (Å²) in [5, 5.41) is 16.8. The third kappa shape index (κ3) is 508. The van der Waals surface area contributed by atoms with Gasteiger partial charge in [0, 0.05) is 0 Å². The third-order valence-corrected chi connectivity index (χ3v) is 0. The van der Waals surface area contributed by atoms with E-state index >= 15 is 0 Å². The quantitative estimate of drug-likeness (QED) is 0.343. The molecule has 0 rings (SSSR count). The largest absolute Gasteiger partial charge is 0.868 e. The molecule has 0 spiro atoms. The molecule has 4 heteroatoms. The summed E-state index contributed by atoms with van der Waals surface area (Å²) in [6.07, 6.45) is 0. The fraction of sp³-hybridized carbons (Fsp3) is 1.00. The minimum Gasteiger partial charge on any atom is -0.868 e. The highest BCUT2D eigenvalue weighted by Crippen LogP contribution is 0.802. The zero-order valence-corrected chi connectivity index (χ0v) is 3.52. The first-order valence-corrected chi connectivity index (χ1v) is 0.577. The molecule has 0 amide bonds. The highest BCUT2D eigenvalue weighted by atomic mass is 16.5. The van der Waals surface area contributed by atoms with Gasteiger partial charge >= 0.3 is 0 Å². The molecule has 0 aliphatic rings. The lowest BCUT2D eigenvalue weighted by molar-refractivity contribution is -0.596. The van der Waals surface area contributed by atoms with Crippen molar-refractivity contribution in [1.29, 1.82) is 0 Å². The molecule has 0 fully saturated rings. The summed E-state index contributed by atoms with van der Waals surface area (Å²) < 4.78 is 0. The summed E-state index contributed by atoms with van der Waals surface area (Å²) in [6, 6.07) is 0. The summed E-state index contributed by atoms with van der Waals surface area (Å²) in [7, 11) is 0. The van der Waals surface area contributed by atoms with Crippen molar-refractivity contribution in [3.05, 3.63) is 0 Å². The van der Waals surface area contributed by atoms with Crippen molar-refractivity contribution in [3.8, 4) is 0 Å². The Kier molecular flexibility index (Phi) is 185. The predicted octanol–water partition coefficient (Wildman–Crippen LogP) is -1.58. The van der Waals surface area contributed by atoms with Crippen molar-refractivity contribution in [2.24, 2.45) is 0 Å². The molecule has 4 nitrogen and oxygen atoms in total. The van der Waals surface area contributed by atoms with Crippen LogP contribution in [0.4, 0.5) is 0 Å². The van der Waals surface area contributed by atoms with Crippen LogP contribution in [0.1, 0.15) is 0 Å². The molecular weight excluding hydrogens is 72.0 g/mol. The van der Waals surface area contributed by atoms with Gasteiger partial charge in [-0.1, -0.05) is 0 Å². The van der Waals surface area contributed by atoms with Gasteiger partial charge in [-0.05, 0) is 0 Å². The minimum atomic E-state index is -1.25. The first-order chi connectivity index (χ1) is 1.41. The van der Waals surface area contributed by atoms with E-state index in [-0.39, 0.29) is 12.3 Å². The second-order valence-corrected chi connectivity index (χ2v) is 0.118. The Balaban J connectivity index is -0.0000000200. The Labute approximate surface area is 30.6 Å². The van der Waals surface area contributed by atoms with Crippen LogP contribution >= 0.6 is 0 Å². The van der Waals surface area contributed by atoms with E-state index in [0.29, 0.717) is 0 Å². The van der Waals surface area contributed by atoms with Gasteiger partial charge in [-0.3, -0.25) is 0 Å². The monoisotopic (exact) mass is 82.1 g/mol. The van der Waals surface area contributed by atoms with Crippen molar-refractivity contribution in [3.63, 3.8) is 0 Å². The smallest absolute Gasteiger partial charge is 0.238 e. The zero-order chi connectivity index (χ0) is 2.71. The van der Waals surface area contributed by atoms with Gasteiger partial charge in [-0.2, -0.15) is 0 Å². The summed E-state index contributed by atoms with van der Waals surface area (Å²) in [4.78, 5) is 0. The lowest BCUT2D eigenvalue weighted by Gasteiger charge is -2.00. The van der Waals surface area contributed by atoms with Crippen LogP contribution in [0.3, 0.4) is 0 Å². The molecule has 0 aromatic carbocycles. The standard InChI is InChI=1S/CH2O2.2H3N/c2-1-3;;/h1H2;2*1H3/q-2;;/p+2. The van der Waals surface area contributed by atoms with E-state index in [1.165, 1.54) is 0 Å². The molecular formula is CH10N2O2. The van der Waals surface area contributed by atoms with Gasteiger partial charge in [0.05, 0.1) is 0 Å². The molecule has 0 aliphatic carbocycles. The highest BCUT2D eigenvalue weighted by Gasteiger charge is 0.896. The second-order valence-electron chi connectivity index (χ2n) is 0.118. The van der Waals surface area contributed by atoms with E-state index in [2.05, 4.69) is 0 Å². The predicted molar refractivity (Wildman–Crippen MR) is 16.8 cm³/mol. The van der Waals surface area contributed by atoms with Crippen LogP contribution in [0.25, 0.3) is 0 Å². The van der Waals surface area contributed by atoms with Gasteiger partial charge in [0.1, 0.15) is 0 Å². The minimum absolute atomic E-state index is 0. The van der Waals surface area contributed by atoms with Crippen LogP contribution in [0.15, 0.2) is 0 Å². The molecule has 0 saturated carbocycles. The average Bonchev–Trinajstić information content (AvgIpc) is 0.918. The summed E-state index contributed by atoms with van der Waals surface area (Å²) in [5.41, 5.74) is 0. The van der Waals surface area contributed by atoms with Crippen LogP contribution in [0.2, 0.25) is 0 Å². The Morgan fingerprint density at radius 2 is 1.00 bits per heavy atom. The molecule has 0 radical (unpaired) electrons. The van der Waals surface area contributed by atoms with Gasteiger partial charge in [0.15, 0.2) is 0 Å². The van der Waals surface area contributed by atoms with Crippen molar-refractivity contribution >= 4 is 0 Å². The van der Waals surface area contributed by atoms with E-state index in [1.54, 1.807) is 0 Å². The topological polar surface area (TPSA) is 119 Å². The fourth-order valence-corrected chi connectivity index (χ4v) is 0. The number of quaternary nitrogens is 2. The maximum atomic E-state index is 8.38. The van der Waals surface area contributed by atoms with Gasteiger partial charge in [0.2, 0.25) is 0 Å². The van der Waals surface area contributed by atoms with Crippen molar-refractivity contribution in [2.75, 3.05) is 6.79 Å². The van der Waals surface area contributed by atoms with Crippen LogP contribution in [-0.4, -0.2) is 6.79 Å². The van der Waals surface area contributed by atoms with Crippen molar-refractivity contribution < 1.29 is 10.2 Å². The van der Waals surface area contributed by atoms with E-state index < -0.39 is 6.79 Å². The van der Waals surface area contributed by atoms with E-state index in [0.717, 1.165) is 0 Å². The summed E-state index contributed by atoms with van der Waals surface area (Å²) in [5.74, 6) is 0. The lowest BCUT2D eigenvalue weighted by atomic mass is 11.6. The molecule has 0 heterocycles. The number of rotatable bonds is 0. The Hall–Kier alpha value is -0.160. The van der Waals surface area contributed by atoms with Crippen LogP contribution < -0.4 is 22.5 Å². The first kappa shape index (κ1) is 21.1. The van der Waals surface area contributed by atoms with Crippen LogP contribution in [0, 0.1) is 0 Å². The number of hydrogen-bond donors (Lipinski definition) is 2. The highest BCUT2D eigenvalue weighted by molar-refractivity contribution is 3.35. The van der Waals surface area contributed by atoms with E-state index in [1.807, 2.05) is 0 Å². The molecule has 0 atom stereocenters.